The molecule has 0 unspecified atom stereocenters. The molecule has 24 heavy (non-hydrogen) atoms. The Kier molecular flexibility index (Phi) is 3.55. The summed E-state index contributed by atoms with van der Waals surface area (Å²) in [6, 6.07) is 6.30. The maximum atomic E-state index is 12.6. The molecule has 1 aromatic heterocycles. The van der Waals surface area contributed by atoms with E-state index in [9.17, 15) is 27.6 Å². The van der Waals surface area contributed by atoms with Gasteiger partial charge in [0.2, 0.25) is 0 Å². The van der Waals surface area contributed by atoms with Crippen LogP contribution in [0.3, 0.4) is 0 Å². The van der Waals surface area contributed by atoms with E-state index in [0.717, 1.165) is 6.20 Å². The smallest absolute Gasteiger partial charge is 0.324 e. The number of hydroxylamine groups is 2. The highest BCUT2D eigenvalue weighted by Gasteiger charge is 2.39. The molecule has 0 spiro atoms. The lowest BCUT2D eigenvalue weighted by atomic mass is 10.1. The molecule has 9 heteroatoms. The van der Waals surface area contributed by atoms with E-state index in [1.54, 1.807) is 0 Å². The van der Waals surface area contributed by atoms with E-state index in [-0.39, 0.29) is 16.2 Å². The number of nitrogens with zero attached hydrogens (tertiary/aromatic N) is 2. The van der Waals surface area contributed by atoms with Crippen molar-refractivity contribution in [2.75, 3.05) is 0 Å². The number of benzene rings is 1. The van der Waals surface area contributed by atoms with Gasteiger partial charge >= 0.3 is 12.1 Å². The van der Waals surface area contributed by atoms with Crippen molar-refractivity contribution >= 4 is 17.8 Å². The first kappa shape index (κ1) is 15.7. The Morgan fingerprint density at radius 2 is 1.62 bits per heavy atom. The van der Waals surface area contributed by atoms with Gasteiger partial charge in [-0.3, -0.25) is 14.6 Å². The summed E-state index contributed by atoms with van der Waals surface area (Å²) in [6.45, 7) is 0. The molecule has 6 nitrogen and oxygen atoms in total. The van der Waals surface area contributed by atoms with Crippen LogP contribution in [-0.2, 0) is 11.0 Å². The van der Waals surface area contributed by atoms with Gasteiger partial charge in [0, 0.05) is 12.4 Å². The molecule has 1 aromatic carbocycles. The zero-order chi connectivity index (χ0) is 17.5. The maximum Gasteiger partial charge on any atom is 0.417 e. The molecule has 122 valence electrons. The van der Waals surface area contributed by atoms with Crippen LogP contribution in [0.15, 0.2) is 42.7 Å². The minimum absolute atomic E-state index is 0.0393. The molecule has 0 N–H and O–H groups in total. The first-order valence-corrected chi connectivity index (χ1v) is 6.51. The van der Waals surface area contributed by atoms with Gasteiger partial charge in [-0.05, 0) is 18.2 Å². The molecule has 2 amide bonds. The molecule has 0 bridgehead atoms. The number of pyridine rings is 1. The topological polar surface area (TPSA) is 76.6 Å². The average Bonchev–Trinajstić information content (AvgIpc) is 2.80. The fraction of sp³-hybridized carbons (Fsp3) is 0.0667. The normalized spacial score (nSPS) is 13.9. The standard InChI is InChI=1S/C15H7F3N2O4/c16-15(17,18)9-5-8(6-19-7-9)14(23)24-20-12(21)10-3-1-2-4-11(10)13(20)22/h1-7H. The van der Waals surface area contributed by atoms with Gasteiger partial charge in [-0.2, -0.15) is 13.2 Å². The monoisotopic (exact) mass is 336 g/mol. The quantitative estimate of drug-likeness (QED) is 0.788. The number of rotatable bonds is 2. The van der Waals surface area contributed by atoms with E-state index in [2.05, 4.69) is 9.82 Å². The third kappa shape index (κ3) is 2.60. The van der Waals surface area contributed by atoms with Crippen LogP contribution in [0.25, 0.3) is 0 Å². The number of alkyl halides is 3. The number of aromatic nitrogens is 1. The van der Waals surface area contributed by atoms with Crippen LogP contribution in [0.5, 0.6) is 0 Å². The zero-order valence-electron chi connectivity index (χ0n) is 11.7. The molecule has 2 aromatic rings. The summed E-state index contributed by atoms with van der Waals surface area (Å²) in [5.74, 6) is -3.05. The number of fused-ring (bicyclic) bond motifs is 1. The van der Waals surface area contributed by atoms with Crippen LogP contribution >= 0.6 is 0 Å². The number of hydrogen-bond donors (Lipinski definition) is 0. The molecule has 3 rings (SSSR count). The Hall–Kier alpha value is -3.23. The van der Waals surface area contributed by atoms with Crippen LogP contribution in [0.1, 0.15) is 36.6 Å². The van der Waals surface area contributed by atoms with Gasteiger partial charge in [0.1, 0.15) is 0 Å². The number of imide groups is 1. The van der Waals surface area contributed by atoms with E-state index in [4.69, 9.17) is 0 Å². The van der Waals surface area contributed by atoms with Gasteiger partial charge in [-0.15, -0.1) is 0 Å². The highest BCUT2D eigenvalue weighted by molar-refractivity contribution is 6.21. The zero-order valence-corrected chi connectivity index (χ0v) is 11.7. The van der Waals surface area contributed by atoms with Gasteiger partial charge in [-0.25, -0.2) is 4.79 Å². The van der Waals surface area contributed by atoms with Crippen LogP contribution in [0.2, 0.25) is 0 Å². The first-order chi connectivity index (χ1) is 11.3. The van der Waals surface area contributed by atoms with Crippen LogP contribution in [0, 0.1) is 0 Å². The highest BCUT2D eigenvalue weighted by Crippen LogP contribution is 2.29. The van der Waals surface area contributed by atoms with E-state index in [1.165, 1.54) is 24.3 Å². The summed E-state index contributed by atoms with van der Waals surface area (Å²) in [7, 11) is 0. The summed E-state index contributed by atoms with van der Waals surface area (Å²) >= 11 is 0. The van der Waals surface area contributed by atoms with Gasteiger partial charge in [-0.1, -0.05) is 17.2 Å². The molecular formula is C15H7F3N2O4. The number of hydrogen-bond acceptors (Lipinski definition) is 5. The second kappa shape index (κ2) is 5.44. The molecule has 1 aliphatic heterocycles. The summed E-state index contributed by atoms with van der Waals surface area (Å²) < 4.78 is 37.9. The van der Waals surface area contributed by atoms with Crippen molar-refractivity contribution in [3.05, 3.63) is 65.0 Å². The van der Waals surface area contributed by atoms with E-state index in [1.807, 2.05) is 0 Å². The lowest BCUT2D eigenvalue weighted by molar-refractivity contribution is -0.137. The van der Waals surface area contributed by atoms with Crippen molar-refractivity contribution in [1.29, 1.82) is 0 Å². The molecule has 0 aliphatic carbocycles. The molecule has 0 fully saturated rings. The predicted molar refractivity (Wildman–Crippen MR) is 71.6 cm³/mol. The molecule has 0 saturated heterocycles. The first-order valence-electron chi connectivity index (χ1n) is 6.51. The third-order valence-corrected chi connectivity index (χ3v) is 3.23. The van der Waals surface area contributed by atoms with Crippen LogP contribution < -0.4 is 0 Å². The van der Waals surface area contributed by atoms with Crippen molar-refractivity contribution in [2.45, 2.75) is 6.18 Å². The van der Waals surface area contributed by atoms with Crippen LogP contribution in [0.4, 0.5) is 13.2 Å². The number of halogens is 3. The predicted octanol–water partition coefficient (Wildman–Crippen LogP) is 2.47. The second-order valence-corrected chi connectivity index (χ2v) is 4.79. The second-order valence-electron chi connectivity index (χ2n) is 4.79. The van der Waals surface area contributed by atoms with Gasteiger partial charge in [0.15, 0.2) is 0 Å². The Balaban J connectivity index is 1.84. The largest absolute Gasteiger partial charge is 0.417 e. The highest BCUT2D eigenvalue weighted by atomic mass is 19.4. The van der Waals surface area contributed by atoms with E-state index >= 15 is 0 Å². The van der Waals surface area contributed by atoms with Gasteiger partial charge < -0.3 is 4.84 Å². The Morgan fingerprint density at radius 1 is 1.04 bits per heavy atom. The Morgan fingerprint density at radius 3 is 2.17 bits per heavy atom. The fourth-order valence-electron chi connectivity index (χ4n) is 2.09. The number of carbonyl (C=O) groups is 3. The lowest BCUT2D eigenvalue weighted by Crippen LogP contribution is -2.32. The minimum atomic E-state index is -4.70. The Bertz CT molecular complexity index is 829. The van der Waals surface area contributed by atoms with Crippen molar-refractivity contribution in [2.24, 2.45) is 0 Å². The average molecular weight is 336 g/mol. The van der Waals surface area contributed by atoms with Crippen LogP contribution in [-0.4, -0.2) is 27.8 Å². The van der Waals surface area contributed by atoms with E-state index < -0.39 is 35.1 Å². The molecule has 1 aliphatic rings. The maximum absolute atomic E-state index is 12.6. The van der Waals surface area contributed by atoms with Crippen molar-refractivity contribution in [3.63, 3.8) is 0 Å². The summed E-state index contributed by atoms with van der Waals surface area (Å²) in [6.07, 6.45) is -3.31. The minimum Gasteiger partial charge on any atom is -0.324 e. The summed E-state index contributed by atoms with van der Waals surface area (Å²) in [5.41, 5.74) is -1.62. The number of carbonyl (C=O) groups excluding carboxylic acids is 3. The van der Waals surface area contributed by atoms with Crippen molar-refractivity contribution < 1.29 is 32.4 Å². The lowest BCUT2D eigenvalue weighted by Gasteiger charge is -2.13. The molecule has 0 atom stereocenters. The van der Waals surface area contributed by atoms with Crippen molar-refractivity contribution in [3.8, 4) is 0 Å². The molecule has 2 heterocycles. The van der Waals surface area contributed by atoms with E-state index in [0.29, 0.717) is 12.3 Å². The fourth-order valence-corrected chi connectivity index (χ4v) is 2.09. The molecule has 0 radical (unpaired) electrons. The van der Waals surface area contributed by atoms with Gasteiger partial charge in [0.05, 0.1) is 22.3 Å². The third-order valence-electron chi connectivity index (χ3n) is 3.23. The number of amides is 2. The SMILES string of the molecule is O=C(ON1C(=O)c2ccccc2C1=O)c1cncc(C(F)(F)F)c1. The summed E-state index contributed by atoms with van der Waals surface area (Å²) in [4.78, 5) is 44.0. The Labute approximate surface area is 132 Å². The molecule has 0 saturated carbocycles. The van der Waals surface area contributed by atoms with Crippen molar-refractivity contribution in [1.82, 2.24) is 10.0 Å². The summed E-state index contributed by atoms with van der Waals surface area (Å²) in [5, 5.41) is 0.216. The molecular weight excluding hydrogens is 329 g/mol. The van der Waals surface area contributed by atoms with Gasteiger partial charge in [0.25, 0.3) is 11.8 Å².